The minimum atomic E-state index is -2.62. The fourth-order valence-electron chi connectivity index (χ4n) is 1.17. The Kier molecular flexibility index (Phi) is 3.22. The van der Waals surface area contributed by atoms with Gasteiger partial charge in [0.2, 0.25) is 0 Å². The molecule has 0 amide bonds. The van der Waals surface area contributed by atoms with Crippen LogP contribution in [0, 0.1) is 5.92 Å². The van der Waals surface area contributed by atoms with Crippen LogP contribution in [0.3, 0.4) is 0 Å². The summed E-state index contributed by atoms with van der Waals surface area (Å²) < 4.78 is 25.2. The second kappa shape index (κ2) is 3.28. The number of alkyl halides is 2. The summed E-state index contributed by atoms with van der Waals surface area (Å²) in [7, 11) is 1.56. The van der Waals surface area contributed by atoms with Gasteiger partial charge >= 0.3 is 0 Å². The maximum atomic E-state index is 12.6. The topological polar surface area (TPSA) is 12.0 Å². The van der Waals surface area contributed by atoms with Crippen LogP contribution in [0.25, 0.3) is 0 Å². The van der Waals surface area contributed by atoms with Crippen LogP contribution < -0.4 is 5.32 Å². The molecule has 0 aromatic rings. The number of rotatable bonds is 3. The molecule has 1 nitrogen and oxygen atoms in total. The summed E-state index contributed by atoms with van der Waals surface area (Å²) in [6.45, 7) is 4.49. The molecular formula is C7H15F2N. The van der Waals surface area contributed by atoms with Crippen molar-refractivity contribution in [3.8, 4) is 0 Å². The molecule has 0 aromatic heterocycles. The highest BCUT2D eigenvalue weighted by Crippen LogP contribution is 2.22. The van der Waals surface area contributed by atoms with Gasteiger partial charge in [-0.25, -0.2) is 8.78 Å². The molecule has 10 heavy (non-hydrogen) atoms. The monoisotopic (exact) mass is 151 g/mol. The first-order chi connectivity index (χ1) is 4.39. The Labute approximate surface area is 60.8 Å². The molecule has 1 unspecified atom stereocenters. The highest BCUT2D eigenvalue weighted by molar-refractivity contribution is 4.80. The summed E-state index contributed by atoms with van der Waals surface area (Å²) in [6.07, 6.45) is 0. The molecule has 0 saturated carbocycles. The average molecular weight is 151 g/mol. The number of halogens is 2. The van der Waals surface area contributed by atoms with E-state index in [-0.39, 0.29) is 5.92 Å². The third kappa shape index (κ3) is 2.60. The zero-order valence-electron chi connectivity index (χ0n) is 6.91. The van der Waals surface area contributed by atoms with E-state index in [0.717, 1.165) is 6.92 Å². The first kappa shape index (κ1) is 9.82. The number of nitrogens with one attached hydrogen (secondary N) is 1. The van der Waals surface area contributed by atoms with Crippen molar-refractivity contribution in [2.45, 2.75) is 32.7 Å². The molecule has 62 valence electrons. The van der Waals surface area contributed by atoms with E-state index in [1.54, 1.807) is 20.9 Å². The van der Waals surface area contributed by atoms with Crippen LogP contribution in [0.5, 0.6) is 0 Å². The van der Waals surface area contributed by atoms with E-state index >= 15 is 0 Å². The molecule has 0 aliphatic rings. The van der Waals surface area contributed by atoms with Crippen LogP contribution >= 0.6 is 0 Å². The summed E-state index contributed by atoms with van der Waals surface area (Å²) in [5, 5.41) is 2.59. The molecule has 0 aliphatic heterocycles. The van der Waals surface area contributed by atoms with Gasteiger partial charge in [-0.05, 0) is 13.0 Å². The van der Waals surface area contributed by atoms with Crippen molar-refractivity contribution in [2.75, 3.05) is 7.05 Å². The van der Waals surface area contributed by atoms with Crippen LogP contribution in [0.4, 0.5) is 8.78 Å². The molecule has 3 heteroatoms. The maximum absolute atomic E-state index is 12.6. The van der Waals surface area contributed by atoms with E-state index in [9.17, 15) is 8.78 Å². The van der Waals surface area contributed by atoms with E-state index in [1.807, 2.05) is 0 Å². The standard InChI is InChI=1S/C7H15F2N/c1-5(2)6(10-4)7(3,8)9/h5-6,10H,1-4H3. The van der Waals surface area contributed by atoms with Crippen LogP contribution in [0.15, 0.2) is 0 Å². The quantitative estimate of drug-likeness (QED) is 0.649. The van der Waals surface area contributed by atoms with Gasteiger partial charge in [-0.2, -0.15) is 0 Å². The molecule has 0 fully saturated rings. The van der Waals surface area contributed by atoms with Crippen molar-refractivity contribution in [2.24, 2.45) is 5.92 Å². The molecule has 0 spiro atoms. The van der Waals surface area contributed by atoms with Gasteiger partial charge in [-0.3, -0.25) is 0 Å². The first-order valence-electron chi connectivity index (χ1n) is 3.44. The summed E-state index contributed by atoms with van der Waals surface area (Å²) in [5.74, 6) is -2.66. The Balaban J connectivity index is 4.07. The fraction of sp³-hybridized carbons (Fsp3) is 1.00. The summed E-state index contributed by atoms with van der Waals surface area (Å²) in [6, 6.07) is -0.715. The van der Waals surface area contributed by atoms with Crippen molar-refractivity contribution >= 4 is 0 Å². The zero-order valence-corrected chi connectivity index (χ0v) is 6.91. The molecule has 0 aromatic carbocycles. The predicted molar refractivity (Wildman–Crippen MR) is 38.3 cm³/mol. The predicted octanol–water partition coefficient (Wildman–Crippen LogP) is 1.89. The number of hydrogen-bond donors (Lipinski definition) is 1. The third-order valence-electron chi connectivity index (χ3n) is 1.52. The second-order valence-electron chi connectivity index (χ2n) is 2.97. The summed E-state index contributed by atoms with van der Waals surface area (Å²) in [4.78, 5) is 0. The molecule has 0 aliphatic carbocycles. The van der Waals surface area contributed by atoms with E-state index in [2.05, 4.69) is 5.32 Å². The summed E-state index contributed by atoms with van der Waals surface area (Å²) in [5.41, 5.74) is 0. The van der Waals surface area contributed by atoms with E-state index in [1.165, 1.54) is 0 Å². The SMILES string of the molecule is CNC(C(C)C)C(C)(F)F. The van der Waals surface area contributed by atoms with Gasteiger partial charge < -0.3 is 5.32 Å². The lowest BCUT2D eigenvalue weighted by molar-refractivity contribution is -0.0308. The van der Waals surface area contributed by atoms with Crippen LogP contribution in [-0.2, 0) is 0 Å². The van der Waals surface area contributed by atoms with Gasteiger partial charge in [-0.15, -0.1) is 0 Å². The van der Waals surface area contributed by atoms with Crippen molar-refractivity contribution in [1.82, 2.24) is 5.32 Å². The lowest BCUT2D eigenvalue weighted by Crippen LogP contribution is -2.44. The minimum absolute atomic E-state index is 0.0370. The molecule has 0 heterocycles. The van der Waals surface area contributed by atoms with Gasteiger partial charge in [0.25, 0.3) is 5.92 Å². The van der Waals surface area contributed by atoms with Crippen molar-refractivity contribution in [3.05, 3.63) is 0 Å². The maximum Gasteiger partial charge on any atom is 0.260 e. The largest absolute Gasteiger partial charge is 0.312 e. The van der Waals surface area contributed by atoms with Gasteiger partial charge in [0.1, 0.15) is 0 Å². The Morgan fingerprint density at radius 1 is 1.30 bits per heavy atom. The summed E-state index contributed by atoms with van der Waals surface area (Å²) >= 11 is 0. The molecule has 0 radical (unpaired) electrons. The molecule has 1 N–H and O–H groups in total. The fourth-order valence-corrected chi connectivity index (χ4v) is 1.17. The van der Waals surface area contributed by atoms with Gasteiger partial charge in [-0.1, -0.05) is 13.8 Å². The van der Waals surface area contributed by atoms with Gasteiger partial charge in [0.05, 0.1) is 6.04 Å². The lowest BCUT2D eigenvalue weighted by Gasteiger charge is -2.26. The third-order valence-corrected chi connectivity index (χ3v) is 1.52. The smallest absolute Gasteiger partial charge is 0.260 e. The minimum Gasteiger partial charge on any atom is -0.312 e. The Bertz CT molecular complexity index is 96.3. The van der Waals surface area contributed by atoms with Gasteiger partial charge in [0.15, 0.2) is 0 Å². The zero-order chi connectivity index (χ0) is 8.36. The molecule has 0 bridgehead atoms. The van der Waals surface area contributed by atoms with Crippen molar-refractivity contribution in [1.29, 1.82) is 0 Å². The van der Waals surface area contributed by atoms with E-state index < -0.39 is 12.0 Å². The lowest BCUT2D eigenvalue weighted by atomic mass is 9.99. The van der Waals surface area contributed by atoms with Gasteiger partial charge in [0, 0.05) is 6.92 Å². The number of hydrogen-bond acceptors (Lipinski definition) is 1. The Morgan fingerprint density at radius 2 is 1.70 bits per heavy atom. The average Bonchev–Trinajstić information content (AvgIpc) is 1.60. The highest BCUT2D eigenvalue weighted by atomic mass is 19.3. The van der Waals surface area contributed by atoms with Crippen LogP contribution in [-0.4, -0.2) is 19.0 Å². The normalized spacial score (nSPS) is 15.9. The van der Waals surface area contributed by atoms with Crippen molar-refractivity contribution < 1.29 is 8.78 Å². The molecule has 1 atom stereocenters. The second-order valence-corrected chi connectivity index (χ2v) is 2.97. The van der Waals surface area contributed by atoms with E-state index in [0.29, 0.717) is 0 Å². The molecule has 0 saturated heterocycles. The molecule has 0 rings (SSSR count). The highest BCUT2D eigenvalue weighted by Gasteiger charge is 2.34. The first-order valence-corrected chi connectivity index (χ1v) is 3.44. The Morgan fingerprint density at radius 3 is 1.70 bits per heavy atom. The van der Waals surface area contributed by atoms with Crippen LogP contribution in [0.2, 0.25) is 0 Å². The van der Waals surface area contributed by atoms with E-state index in [4.69, 9.17) is 0 Å². The Hall–Kier alpha value is -0.180. The van der Waals surface area contributed by atoms with Crippen molar-refractivity contribution in [3.63, 3.8) is 0 Å². The van der Waals surface area contributed by atoms with Crippen LogP contribution in [0.1, 0.15) is 20.8 Å². The molecular weight excluding hydrogens is 136 g/mol.